The number of rotatable bonds is 23. The van der Waals surface area contributed by atoms with Gasteiger partial charge in [-0.3, -0.25) is 9.59 Å². The molecule has 0 bridgehead atoms. The molecule has 5 nitrogen and oxygen atoms in total. The SMILES string of the molecule is CC/C=C\C/C=C\C/C=C\C/C=C\C/C=C\CCCC(=O)NCCSSCCNC(=O)CCNC. The highest BCUT2D eigenvalue weighted by molar-refractivity contribution is 8.76. The Hall–Kier alpha value is -1.70. The van der Waals surface area contributed by atoms with Gasteiger partial charge in [0, 0.05) is 44.0 Å². The Morgan fingerprint density at radius 2 is 1.09 bits per heavy atom. The number of nitrogens with one attached hydrogen (secondary N) is 3. The van der Waals surface area contributed by atoms with Crippen LogP contribution in [-0.4, -0.2) is 50.0 Å². The molecule has 0 radical (unpaired) electrons. The van der Waals surface area contributed by atoms with Crippen molar-refractivity contribution in [3.05, 3.63) is 60.8 Å². The van der Waals surface area contributed by atoms with E-state index in [0.29, 0.717) is 32.5 Å². The maximum atomic E-state index is 11.9. The van der Waals surface area contributed by atoms with Crippen molar-refractivity contribution in [1.29, 1.82) is 0 Å². The molecule has 0 aliphatic heterocycles. The van der Waals surface area contributed by atoms with Gasteiger partial charge < -0.3 is 16.0 Å². The Labute approximate surface area is 222 Å². The molecule has 0 saturated carbocycles. The van der Waals surface area contributed by atoms with Gasteiger partial charge in [-0.2, -0.15) is 0 Å². The standard InChI is InChI=1S/C28H47N3O2S2/c1-3-4-5-6-7-8-9-10-11-12-13-14-15-16-17-18-19-20-27(32)30-23-25-34-35-26-24-31-28(33)21-22-29-2/h4-5,7-8,10-11,13-14,16-17,29H,3,6,9,12,15,18-26H2,1-2H3,(H,30,32)(H,31,33)/b5-4-,8-7-,11-10-,14-13-,17-16-. The van der Waals surface area contributed by atoms with Gasteiger partial charge in [-0.25, -0.2) is 0 Å². The van der Waals surface area contributed by atoms with E-state index in [-0.39, 0.29) is 11.8 Å². The topological polar surface area (TPSA) is 70.2 Å². The molecule has 35 heavy (non-hydrogen) atoms. The van der Waals surface area contributed by atoms with Gasteiger partial charge in [-0.15, -0.1) is 0 Å². The van der Waals surface area contributed by atoms with Crippen molar-refractivity contribution < 1.29 is 9.59 Å². The highest BCUT2D eigenvalue weighted by Gasteiger charge is 2.01. The van der Waals surface area contributed by atoms with Crippen LogP contribution in [0.2, 0.25) is 0 Å². The van der Waals surface area contributed by atoms with Gasteiger partial charge in [-0.05, 0) is 52.0 Å². The summed E-state index contributed by atoms with van der Waals surface area (Å²) in [6.07, 6.45) is 29.9. The summed E-state index contributed by atoms with van der Waals surface area (Å²) in [6.45, 7) is 4.23. The molecule has 0 atom stereocenters. The summed E-state index contributed by atoms with van der Waals surface area (Å²) in [7, 11) is 5.29. The number of hydrogen-bond acceptors (Lipinski definition) is 5. The highest BCUT2D eigenvalue weighted by Crippen LogP contribution is 2.19. The van der Waals surface area contributed by atoms with E-state index >= 15 is 0 Å². The predicted molar refractivity (Wildman–Crippen MR) is 158 cm³/mol. The second-order valence-corrected chi connectivity index (χ2v) is 10.5. The van der Waals surface area contributed by atoms with E-state index in [1.54, 1.807) is 21.6 Å². The van der Waals surface area contributed by atoms with Crippen LogP contribution in [-0.2, 0) is 9.59 Å². The number of hydrogen-bond donors (Lipinski definition) is 3. The van der Waals surface area contributed by atoms with Crippen molar-refractivity contribution in [2.75, 3.05) is 38.2 Å². The zero-order chi connectivity index (χ0) is 25.7. The lowest BCUT2D eigenvalue weighted by molar-refractivity contribution is -0.121. The Kier molecular flexibility index (Phi) is 27.2. The maximum absolute atomic E-state index is 11.9. The summed E-state index contributed by atoms with van der Waals surface area (Å²) in [6, 6.07) is 0. The molecule has 0 aromatic heterocycles. The molecule has 0 rings (SSSR count). The number of amides is 2. The van der Waals surface area contributed by atoms with Crippen LogP contribution in [0.3, 0.4) is 0 Å². The van der Waals surface area contributed by atoms with E-state index in [1.807, 2.05) is 7.05 Å². The van der Waals surface area contributed by atoms with Crippen molar-refractivity contribution in [1.82, 2.24) is 16.0 Å². The molecular weight excluding hydrogens is 474 g/mol. The van der Waals surface area contributed by atoms with Crippen molar-refractivity contribution in [2.45, 2.75) is 64.7 Å². The van der Waals surface area contributed by atoms with E-state index in [4.69, 9.17) is 0 Å². The summed E-state index contributed by atoms with van der Waals surface area (Å²) in [5.41, 5.74) is 0. The fourth-order valence-corrected chi connectivity index (χ4v) is 4.56. The predicted octanol–water partition coefficient (Wildman–Crippen LogP) is 6.13. The normalized spacial score (nSPS) is 12.2. The first kappa shape index (κ1) is 33.3. The molecule has 0 unspecified atom stereocenters. The average Bonchev–Trinajstić information content (AvgIpc) is 2.86. The quantitative estimate of drug-likeness (QED) is 0.0857. The minimum absolute atomic E-state index is 0.0850. The van der Waals surface area contributed by atoms with Gasteiger partial charge in [0.2, 0.25) is 11.8 Å². The van der Waals surface area contributed by atoms with E-state index in [2.05, 4.69) is 83.6 Å². The third-order valence-electron chi connectivity index (χ3n) is 4.63. The highest BCUT2D eigenvalue weighted by atomic mass is 33.1. The Balaban J connectivity index is 3.46. The molecule has 3 N–H and O–H groups in total. The molecule has 0 saturated heterocycles. The van der Waals surface area contributed by atoms with Crippen LogP contribution in [0.4, 0.5) is 0 Å². The zero-order valence-electron chi connectivity index (χ0n) is 21.8. The van der Waals surface area contributed by atoms with Gasteiger partial charge in [-0.1, -0.05) is 89.3 Å². The average molecular weight is 522 g/mol. The summed E-state index contributed by atoms with van der Waals surface area (Å²) in [5.74, 6) is 1.96. The van der Waals surface area contributed by atoms with Crippen LogP contribution in [0.5, 0.6) is 0 Å². The second kappa shape index (κ2) is 28.5. The number of unbranched alkanes of at least 4 members (excludes halogenated alkanes) is 1. The van der Waals surface area contributed by atoms with Crippen LogP contribution >= 0.6 is 21.6 Å². The largest absolute Gasteiger partial charge is 0.355 e. The molecule has 0 fully saturated rings. The van der Waals surface area contributed by atoms with Gasteiger partial charge in [0.25, 0.3) is 0 Å². The molecule has 0 aromatic rings. The fraction of sp³-hybridized carbons (Fsp3) is 0.571. The fourth-order valence-electron chi connectivity index (χ4n) is 2.75. The molecule has 0 aromatic carbocycles. The molecule has 7 heteroatoms. The van der Waals surface area contributed by atoms with Crippen LogP contribution in [0.25, 0.3) is 0 Å². The first-order valence-electron chi connectivity index (χ1n) is 12.9. The van der Waals surface area contributed by atoms with Gasteiger partial charge in [0.05, 0.1) is 0 Å². The second-order valence-electron chi connectivity index (χ2n) is 7.80. The summed E-state index contributed by atoms with van der Waals surface area (Å²) < 4.78 is 0. The van der Waals surface area contributed by atoms with Crippen molar-refractivity contribution >= 4 is 33.4 Å². The smallest absolute Gasteiger partial charge is 0.221 e. The zero-order valence-corrected chi connectivity index (χ0v) is 23.4. The van der Waals surface area contributed by atoms with Gasteiger partial charge in [0.1, 0.15) is 0 Å². The first-order chi connectivity index (χ1) is 17.2. The van der Waals surface area contributed by atoms with E-state index in [0.717, 1.165) is 56.5 Å². The van der Waals surface area contributed by atoms with Crippen LogP contribution in [0, 0.1) is 0 Å². The lowest BCUT2D eigenvalue weighted by Gasteiger charge is -2.06. The van der Waals surface area contributed by atoms with E-state index in [9.17, 15) is 9.59 Å². The van der Waals surface area contributed by atoms with E-state index in [1.165, 1.54) is 0 Å². The lowest BCUT2D eigenvalue weighted by Crippen LogP contribution is -2.28. The summed E-state index contributed by atoms with van der Waals surface area (Å²) in [5, 5.41) is 8.82. The summed E-state index contributed by atoms with van der Waals surface area (Å²) >= 11 is 0. The van der Waals surface area contributed by atoms with Crippen LogP contribution in [0.15, 0.2) is 60.8 Å². The van der Waals surface area contributed by atoms with Crippen molar-refractivity contribution in [2.24, 2.45) is 0 Å². The minimum Gasteiger partial charge on any atom is -0.355 e. The number of allylic oxidation sites excluding steroid dienone is 10. The minimum atomic E-state index is 0.0850. The van der Waals surface area contributed by atoms with Crippen molar-refractivity contribution in [3.63, 3.8) is 0 Å². The van der Waals surface area contributed by atoms with Gasteiger partial charge >= 0.3 is 0 Å². The lowest BCUT2D eigenvalue weighted by atomic mass is 10.2. The van der Waals surface area contributed by atoms with E-state index < -0.39 is 0 Å². The summed E-state index contributed by atoms with van der Waals surface area (Å²) in [4.78, 5) is 23.3. The van der Waals surface area contributed by atoms with Crippen molar-refractivity contribution in [3.8, 4) is 0 Å². The third-order valence-corrected chi connectivity index (χ3v) is 7.04. The van der Waals surface area contributed by atoms with Crippen LogP contribution in [0.1, 0.15) is 64.7 Å². The monoisotopic (exact) mass is 521 g/mol. The first-order valence-corrected chi connectivity index (χ1v) is 15.4. The number of carbonyl (C=O) groups excluding carboxylic acids is 2. The number of carbonyl (C=O) groups is 2. The molecule has 0 spiro atoms. The molecule has 0 aliphatic carbocycles. The maximum Gasteiger partial charge on any atom is 0.221 e. The van der Waals surface area contributed by atoms with Crippen LogP contribution < -0.4 is 16.0 Å². The molecule has 0 aliphatic rings. The molecule has 0 heterocycles. The Bertz CT molecular complexity index is 659. The molecular formula is C28H47N3O2S2. The molecule has 198 valence electrons. The Morgan fingerprint density at radius 1 is 0.629 bits per heavy atom. The Morgan fingerprint density at radius 3 is 1.57 bits per heavy atom. The van der Waals surface area contributed by atoms with Gasteiger partial charge in [0.15, 0.2) is 0 Å². The third kappa shape index (κ3) is 28.4. The molecule has 2 amide bonds.